The Bertz CT molecular complexity index is 2950. The van der Waals surface area contributed by atoms with Crippen LogP contribution in [-0.2, 0) is 37.3 Å². The molecule has 9 aromatic rings. The van der Waals surface area contributed by atoms with Gasteiger partial charge in [0.15, 0.2) is 0 Å². The number of hydrogen-bond acceptors (Lipinski definition) is 2. The van der Waals surface area contributed by atoms with Crippen LogP contribution in [0.2, 0.25) is 0 Å². The molecule has 4 heterocycles. The van der Waals surface area contributed by atoms with E-state index in [0.717, 1.165) is 77.9 Å². The van der Waals surface area contributed by atoms with Crippen molar-refractivity contribution >= 4 is 32.7 Å². The maximum atomic E-state index is 5.59. The zero-order chi connectivity index (χ0) is 40.6. The van der Waals surface area contributed by atoms with Gasteiger partial charge in [0.05, 0.1) is 5.65 Å². The fourth-order valence-corrected chi connectivity index (χ4v) is 8.01. The summed E-state index contributed by atoms with van der Waals surface area (Å²) in [6, 6.07) is 51.7. The van der Waals surface area contributed by atoms with Crippen LogP contribution in [0.1, 0.15) is 79.0 Å². The first kappa shape index (κ1) is 40.2. The Hall–Kier alpha value is -5.57. The SMILES string of the molecule is CC(C)(C)c1cc(-c2cc(-c3ccccn3)[c-]c(-c3ccc4c5cc(C(C)(C)C)ccc5n(-c5[n-]c(-c6ccccc6)c6ccccc56)c4n3)c2)cc(C(C)(C)C)c1.[Pt+2]. The Balaban J connectivity index is 0.00000484. The van der Waals surface area contributed by atoms with Crippen LogP contribution < -0.4 is 4.98 Å². The van der Waals surface area contributed by atoms with Crippen LogP contribution in [0.5, 0.6) is 0 Å². The molecule has 4 nitrogen and oxygen atoms in total. The van der Waals surface area contributed by atoms with E-state index in [1.807, 2.05) is 18.3 Å². The minimum Gasteiger partial charge on any atom is -0.434 e. The molecular weight excluding hydrogens is 900 g/mol. The van der Waals surface area contributed by atoms with Crippen LogP contribution in [0.25, 0.3) is 83.4 Å². The molecule has 59 heavy (non-hydrogen) atoms. The fraction of sp³-hybridized carbons (Fsp3) is 0.222. The summed E-state index contributed by atoms with van der Waals surface area (Å²) >= 11 is 0. The maximum Gasteiger partial charge on any atom is 2.00 e. The summed E-state index contributed by atoms with van der Waals surface area (Å²) in [5, 5.41) is 4.46. The van der Waals surface area contributed by atoms with Crippen LogP contribution in [0.3, 0.4) is 0 Å². The Morgan fingerprint density at radius 3 is 1.75 bits per heavy atom. The van der Waals surface area contributed by atoms with Crippen LogP contribution in [0, 0.1) is 6.07 Å². The molecule has 0 saturated carbocycles. The van der Waals surface area contributed by atoms with Crippen molar-refractivity contribution in [3.63, 3.8) is 0 Å². The number of pyridine rings is 2. The van der Waals surface area contributed by atoms with E-state index in [2.05, 4.69) is 194 Å². The Morgan fingerprint density at radius 1 is 0.492 bits per heavy atom. The van der Waals surface area contributed by atoms with E-state index < -0.39 is 0 Å². The molecule has 0 bridgehead atoms. The molecule has 5 aromatic carbocycles. The molecule has 0 aliphatic heterocycles. The second kappa shape index (κ2) is 14.9. The van der Waals surface area contributed by atoms with E-state index in [1.54, 1.807) is 0 Å². The Kier molecular flexibility index (Phi) is 10.2. The third kappa shape index (κ3) is 7.49. The number of rotatable bonds is 5. The summed E-state index contributed by atoms with van der Waals surface area (Å²) in [6.45, 7) is 20.5. The van der Waals surface area contributed by atoms with E-state index in [9.17, 15) is 0 Å². The van der Waals surface area contributed by atoms with Gasteiger partial charge in [0.25, 0.3) is 0 Å². The molecule has 296 valence electrons. The van der Waals surface area contributed by atoms with Crippen molar-refractivity contribution in [3.05, 3.63) is 162 Å². The van der Waals surface area contributed by atoms with Gasteiger partial charge in [0.1, 0.15) is 0 Å². The van der Waals surface area contributed by atoms with Crippen LogP contribution in [0.4, 0.5) is 0 Å². The van der Waals surface area contributed by atoms with Gasteiger partial charge >= 0.3 is 21.1 Å². The molecule has 0 aliphatic rings. The quantitative estimate of drug-likeness (QED) is 0.162. The zero-order valence-corrected chi connectivity index (χ0v) is 37.7. The standard InChI is InChI=1S/C54H50N4.Pt/c1-52(2,3)39-22-25-48-45(33-39)44-23-24-47(56-50(44)58(48)51-43-20-14-13-19-42(43)49(57-51)34-17-11-10-12-18-34)38-28-35(27-37(29-38)46-21-15-16-26-55-46)36-30-40(53(4,5)6)32-41(31-36)54(7,8)9;/h10-28,30-33H,1-9H3;/q-2;+2. The zero-order valence-electron chi connectivity index (χ0n) is 35.4. The van der Waals surface area contributed by atoms with Gasteiger partial charge in [-0.3, -0.25) is 9.97 Å². The van der Waals surface area contributed by atoms with Crippen LogP contribution in [-0.4, -0.2) is 14.5 Å². The monoisotopic (exact) mass is 949 g/mol. The summed E-state index contributed by atoms with van der Waals surface area (Å²) in [5.41, 5.74) is 13.7. The second-order valence-corrected chi connectivity index (χ2v) is 18.8. The molecule has 0 spiro atoms. The van der Waals surface area contributed by atoms with Gasteiger partial charge in [-0.05, 0) is 83.3 Å². The van der Waals surface area contributed by atoms with Gasteiger partial charge < -0.3 is 9.55 Å². The first-order valence-corrected chi connectivity index (χ1v) is 20.4. The number of nitrogens with zero attached hydrogens (tertiary/aromatic N) is 4. The van der Waals surface area contributed by atoms with E-state index in [1.165, 1.54) is 22.3 Å². The molecule has 0 fully saturated rings. The normalized spacial score (nSPS) is 12.4. The molecule has 4 aromatic heterocycles. The van der Waals surface area contributed by atoms with Gasteiger partial charge in [0.2, 0.25) is 0 Å². The molecule has 0 amide bonds. The molecule has 0 N–H and O–H groups in total. The average Bonchev–Trinajstić information content (AvgIpc) is 3.75. The van der Waals surface area contributed by atoms with Crippen molar-refractivity contribution in [1.82, 2.24) is 19.5 Å². The first-order valence-electron chi connectivity index (χ1n) is 20.4. The van der Waals surface area contributed by atoms with Crippen LogP contribution in [0.15, 0.2) is 140 Å². The number of fused-ring (bicyclic) bond motifs is 4. The third-order valence-electron chi connectivity index (χ3n) is 11.5. The van der Waals surface area contributed by atoms with Crippen LogP contribution >= 0.6 is 0 Å². The fourth-order valence-electron chi connectivity index (χ4n) is 8.01. The minimum atomic E-state index is -0.0181. The van der Waals surface area contributed by atoms with Crippen molar-refractivity contribution in [3.8, 4) is 50.7 Å². The molecule has 0 radical (unpaired) electrons. The van der Waals surface area contributed by atoms with Crippen molar-refractivity contribution in [1.29, 1.82) is 0 Å². The third-order valence-corrected chi connectivity index (χ3v) is 11.5. The van der Waals surface area contributed by atoms with Gasteiger partial charge in [-0.15, -0.1) is 18.2 Å². The van der Waals surface area contributed by atoms with Gasteiger partial charge in [-0.25, -0.2) is 0 Å². The largest absolute Gasteiger partial charge is 2.00 e. The van der Waals surface area contributed by atoms with Gasteiger partial charge in [-0.2, -0.15) is 0 Å². The van der Waals surface area contributed by atoms with Crippen molar-refractivity contribution in [2.24, 2.45) is 0 Å². The van der Waals surface area contributed by atoms with Crippen molar-refractivity contribution < 1.29 is 21.1 Å². The molecule has 0 aliphatic carbocycles. The molecule has 0 saturated heterocycles. The summed E-state index contributed by atoms with van der Waals surface area (Å²) in [6.07, 6.45) is 1.85. The summed E-state index contributed by atoms with van der Waals surface area (Å²) in [7, 11) is 0. The topological polar surface area (TPSA) is 44.8 Å². The van der Waals surface area contributed by atoms with E-state index in [0.29, 0.717) is 0 Å². The maximum absolute atomic E-state index is 5.59. The summed E-state index contributed by atoms with van der Waals surface area (Å²) in [5.74, 6) is 0.878. The van der Waals surface area contributed by atoms with Crippen molar-refractivity contribution in [2.75, 3.05) is 0 Å². The van der Waals surface area contributed by atoms with E-state index in [-0.39, 0.29) is 37.3 Å². The molecular formula is C54H50N4Pt. The average molecular weight is 950 g/mol. The predicted octanol–water partition coefficient (Wildman–Crippen LogP) is 14.0. The smallest absolute Gasteiger partial charge is 0.434 e. The second-order valence-electron chi connectivity index (χ2n) is 18.8. The number of aromatic nitrogens is 4. The van der Waals surface area contributed by atoms with Gasteiger partial charge in [-0.1, -0.05) is 194 Å². The molecule has 9 rings (SSSR count). The minimum absolute atomic E-state index is 0. The number of hydrogen-bond donors (Lipinski definition) is 0. The molecule has 5 heteroatoms. The Morgan fingerprint density at radius 2 is 1.10 bits per heavy atom. The van der Waals surface area contributed by atoms with E-state index >= 15 is 0 Å². The van der Waals surface area contributed by atoms with Gasteiger partial charge in [0, 0.05) is 23.0 Å². The molecule has 0 unspecified atom stereocenters. The molecule has 0 atom stereocenters. The van der Waals surface area contributed by atoms with E-state index in [4.69, 9.17) is 15.0 Å². The number of benzene rings is 5. The first-order chi connectivity index (χ1) is 27.6. The summed E-state index contributed by atoms with van der Waals surface area (Å²) < 4.78 is 2.28. The summed E-state index contributed by atoms with van der Waals surface area (Å²) in [4.78, 5) is 15.8. The van der Waals surface area contributed by atoms with Crippen molar-refractivity contribution in [2.45, 2.75) is 78.6 Å². The predicted molar refractivity (Wildman–Crippen MR) is 244 cm³/mol. The Labute approximate surface area is 363 Å².